The summed E-state index contributed by atoms with van der Waals surface area (Å²) in [4.78, 5) is 22.2. The van der Waals surface area contributed by atoms with Crippen LogP contribution in [0.1, 0.15) is 16.3 Å². The molecule has 0 N–H and O–H groups in total. The summed E-state index contributed by atoms with van der Waals surface area (Å²) in [6.07, 6.45) is 7.18. The van der Waals surface area contributed by atoms with Gasteiger partial charge in [0.2, 0.25) is 0 Å². The summed E-state index contributed by atoms with van der Waals surface area (Å²) in [5.41, 5.74) is 1.77. The summed E-state index contributed by atoms with van der Waals surface area (Å²) in [5.74, 6) is 0. The van der Waals surface area contributed by atoms with Crippen LogP contribution < -0.4 is 5.56 Å². The Morgan fingerprint density at radius 2 is 2.20 bits per heavy atom. The normalized spacial score (nSPS) is 11.5. The predicted octanol–water partition coefficient (Wildman–Crippen LogP) is 3.39. The topological polar surface area (TPSA) is 47.3 Å². The second kappa shape index (κ2) is 5.30. The van der Waals surface area contributed by atoms with Crippen LogP contribution >= 0.6 is 27.3 Å². The van der Waals surface area contributed by atoms with Crippen molar-refractivity contribution in [2.45, 2.75) is 6.92 Å². The number of fused-ring (bicyclic) bond motifs is 1. The maximum atomic E-state index is 11.9. The maximum Gasteiger partial charge on any atom is 0.272 e. The molecule has 3 aromatic rings. The first kappa shape index (κ1) is 13.2. The average Bonchev–Trinajstić information content (AvgIpc) is 2.85. The van der Waals surface area contributed by atoms with Gasteiger partial charge in [0, 0.05) is 23.0 Å². The fraction of sp³-hybridized carbons (Fsp3) is 0.0714. The fourth-order valence-corrected chi connectivity index (χ4v) is 2.92. The van der Waals surface area contributed by atoms with Gasteiger partial charge in [0.25, 0.3) is 5.56 Å². The molecule has 100 valence electrons. The highest BCUT2D eigenvalue weighted by Crippen LogP contribution is 2.18. The van der Waals surface area contributed by atoms with Crippen molar-refractivity contribution in [1.29, 1.82) is 0 Å². The molecule has 3 heterocycles. The van der Waals surface area contributed by atoms with E-state index in [9.17, 15) is 4.79 Å². The fourth-order valence-electron chi connectivity index (χ4n) is 1.78. The second-order valence-electron chi connectivity index (χ2n) is 4.23. The zero-order valence-electron chi connectivity index (χ0n) is 10.6. The number of aryl methyl sites for hydroxylation is 1. The van der Waals surface area contributed by atoms with E-state index in [4.69, 9.17) is 0 Å². The number of rotatable bonds is 2. The Kier molecular flexibility index (Phi) is 3.50. The molecular weight excluding hydrogens is 338 g/mol. The van der Waals surface area contributed by atoms with Gasteiger partial charge in [0.15, 0.2) is 4.96 Å². The standard InChI is InChI=1S/C14H10BrN3OS/c1-9-3-2-4-10(17-9)5-6-11-8-18-13(19)12(15)7-16-14(18)20-11/h2-8H,1H3/b6-5+. The molecule has 0 aliphatic carbocycles. The Labute approximate surface area is 127 Å². The monoisotopic (exact) mass is 347 g/mol. The summed E-state index contributed by atoms with van der Waals surface area (Å²) in [5, 5.41) is 0. The first-order valence-electron chi connectivity index (χ1n) is 5.92. The molecule has 4 nitrogen and oxygen atoms in total. The van der Waals surface area contributed by atoms with Crippen LogP contribution in [-0.2, 0) is 0 Å². The van der Waals surface area contributed by atoms with Gasteiger partial charge in [-0.1, -0.05) is 17.4 Å². The van der Waals surface area contributed by atoms with Gasteiger partial charge in [-0.2, -0.15) is 0 Å². The first-order valence-corrected chi connectivity index (χ1v) is 7.53. The summed E-state index contributed by atoms with van der Waals surface area (Å²) in [6.45, 7) is 1.96. The van der Waals surface area contributed by atoms with E-state index in [2.05, 4.69) is 25.9 Å². The summed E-state index contributed by atoms with van der Waals surface area (Å²) in [6, 6.07) is 5.87. The van der Waals surface area contributed by atoms with Crippen LogP contribution in [0.2, 0.25) is 0 Å². The van der Waals surface area contributed by atoms with E-state index in [1.165, 1.54) is 21.9 Å². The van der Waals surface area contributed by atoms with Crippen molar-refractivity contribution in [3.8, 4) is 0 Å². The summed E-state index contributed by atoms with van der Waals surface area (Å²) >= 11 is 4.65. The van der Waals surface area contributed by atoms with Gasteiger partial charge in [-0.25, -0.2) is 4.98 Å². The molecule has 0 saturated heterocycles. The molecule has 3 rings (SSSR count). The zero-order valence-corrected chi connectivity index (χ0v) is 13.0. The van der Waals surface area contributed by atoms with E-state index in [0.29, 0.717) is 9.43 Å². The van der Waals surface area contributed by atoms with E-state index in [1.54, 1.807) is 6.20 Å². The van der Waals surface area contributed by atoms with Gasteiger partial charge in [-0.3, -0.25) is 14.2 Å². The highest BCUT2D eigenvalue weighted by molar-refractivity contribution is 9.10. The van der Waals surface area contributed by atoms with Gasteiger partial charge in [0.1, 0.15) is 4.47 Å². The summed E-state index contributed by atoms with van der Waals surface area (Å²) in [7, 11) is 0. The van der Waals surface area contributed by atoms with Gasteiger partial charge >= 0.3 is 0 Å². The molecule has 0 aromatic carbocycles. The minimum absolute atomic E-state index is 0.0976. The van der Waals surface area contributed by atoms with Crippen LogP contribution in [0.25, 0.3) is 17.1 Å². The van der Waals surface area contributed by atoms with Crippen LogP contribution in [0.5, 0.6) is 0 Å². The quantitative estimate of drug-likeness (QED) is 0.713. The summed E-state index contributed by atoms with van der Waals surface area (Å²) < 4.78 is 2.00. The first-order chi connectivity index (χ1) is 9.63. The van der Waals surface area contributed by atoms with Crippen molar-refractivity contribution < 1.29 is 0 Å². The minimum Gasteiger partial charge on any atom is -0.268 e. The Bertz CT molecular complexity index is 866. The lowest BCUT2D eigenvalue weighted by Crippen LogP contribution is -2.12. The third-order valence-corrected chi connectivity index (χ3v) is 4.22. The Hall–Kier alpha value is -1.79. The van der Waals surface area contributed by atoms with Crippen molar-refractivity contribution in [3.05, 3.63) is 61.7 Å². The second-order valence-corrected chi connectivity index (χ2v) is 6.13. The van der Waals surface area contributed by atoms with E-state index in [0.717, 1.165) is 16.3 Å². The SMILES string of the molecule is Cc1cccc(/C=C/c2cn3c(=O)c(Br)cnc3s2)n1. The molecule has 0 amide bonds. The molecule has 0 unspecified atom stereocenters. The van der Waals surface area contributed by atoms with Crippen LogP contribution in [0.4, 0.5) is 0 Å². The molecule has 3 aromatic heterocycles. The minimum atomic E-state index is -0.0976. The molecule has 0 saturated carbocycles. The number of nitrogens with zero attached hydrogens (tertiary/aromatic N) is 3. The van der Waals surface area contributed by atoms with Crippen molar-refractivity contribution in [3.63, 3.8) is 0 Å². The maximum absolute atomic E-state index is 11.9. The Balaban J connectivity index is 1.99. The Morgan fingerprint density at radius 3 is 3.00 bits per heavy atom. The molecule has 20 heavy (non-hydrogen) atoms. The predicted molar refractivity (Wildman–Crippen MR) is 84.9 cm³/mol. The zero-order chi connectivity index (χ0) is 14.1. The molecule has 0 aliphatic heterocycles. The lowest BCUT2D eigenvalue weighted by molar-refractivity contribution is 1.06. The van der Waals surface area contributed by atoms with Gasteiger partial charge in [0.05, 0.1) is 5.69 Å². The number of thiazole rings is 1. The largest absolute Gasteiger partial charge is 0.272 e. The third-order valence-electron chi connectivity index (χ3n) is 2.71. The van der Waals surface area contributed by atoms with Crippen molar-refractivity contribution in [2.24, 2.45) is 0 Å². The highest BCUT2D eigenvalue weighted by Gasteiger charge is 2.05. The molecule has 0 fully saturated rings. The van der Waals surface area contributed by atoms with Gasteiger partial charge in [-0.15, -0.1) is 0 Å². The van der Waals surface area contributed by atoms with E-state index < -0.39 is 0 Å². The number of halogens is 1. The third kappa shape index (κ3) is 2.57. The number of aromatic nitrogens is 3. The van der Waals surface area contributed by atoms with Crippen LogP contribution in [-0.4, -0.2) is 14.4 Å². The van der Waals surface area contributed by atoms with E-state index >= 15 is 0 Å². The highest BCUT2D eigenvalue weighted by atomic mass is 79.9. The number of pyridine rings is 1. The molecule has 0 radical (unpaired) electrons. The Morgan fingerprint density at radius 1 is 1.35 bits per heavy atom. The molecular formula is C14H10BrN3OS. The smallest absolute Gasteiger partial charge is 0.268 e. The van der Waals surface area contributed by atoms with Crippen LogP contribution in [0, 0.1) is 6.92 Å². The average molecular weight is 348 g/mol. The molecule has 6 heteroatoms. The molecule has 0 atom stereocenters. The van der Waals surface area contributed by atoms with Gasteiger partial charge < -0.3 is 0 Å². The van der Waals surface area contributed by atoms with Crippen molar-refractivity contribution >= 4 is 44.4 Å². The number of hydrogen-bond donors (Lipinski definition) is 0. The van der Waals surface area contributed by atoms with Crippen LogP contribution in [0.15, 0.2) is 39.9 Å². The van der Waals surface area contributed by atoms with Crippen molar-refractivity contribution in [2.75, 3.05) is 0 Å². The number of hydrogen-bond acceptors (Lipinski definition) is 4. The van der Waals surface area contributed by atoms with Gasteiger partial charge in [-0.05, 0) is 47.1 Å². The van der Waals surface area contributed by atoms with E-state index in [-0.39, 0.29) is 5.56 Å². The lowest BCUT2D eigenvalue weighted by atomic mass is 10.3. The lowest BCUT2D eigenvalue weighted by Gasteiger charge is -1.93. The molecule has 0 spiro atoms. The van der Waals surface area contributed by atoms with Crippen LogP contribution in [0.3, 0.4) is 0 Å². The van der Waals surface area contributed by atoms with Crippen molar-refractivity contribution in [1.82, 2.24) is 14.4 Å². The molecule has 0 aliphatic rings. The van der Waals surface area contributed by atoms with E-state index in [1.807, 2.05) is 37.3 Å². The molecule has 0 bridgehead atoms.